The second-order valence-corrected chi connectivity index (χ2v) is 5.45. The van der Waals surface area contributed by atoms with Gasteiger partial charge in [-0.2, -0.15) is 4.99 Å². The Balaban J connectivity index is 2.29. The molecule has 0 N–H and O–H groups in total. The molecule has 0 saturated heterocycles. The van der Waals surface area contributed by atoms with Crippen LogP contribution in [0.25, 0.3) is 10.9 Å². The minimum Gasteiger partial charge on any atom is -0.495 e. The number of methoxy groups -OCH3 is 1. The molecular formula is C16H18N2O2. The average molecular weight is 270 g/mol. The highest BCUT2D eigenvalue weighted by Crippen LogP contribution is 2.46. The minimum absolute atomic E-state index is 0.395. The molecule has 0 bridgehead atoms. The Labute approximate surface area is 118 Å². The Morgan fingerprint density at radius 3 is 2.70 bits per heavy atom. The Morgan fingerprint density at radius 2 is 2.05 bits per heavy atom. The number of rotatable bonds is 3. The monoisotopic (exact) mass is 270 g/mol. The van der Waals surface area contributed by atoms with Crippen LogP contribution >= 0.6 is 0 Å². The topological polar surface area (TPSA) is 43.6 Å². The van der Waals surface area contributed by atoms with Crippen LogP contribution in [0.4, 0.5) is 0 Å². The van der Waals surface area contributed by atoms with Crippen molar-refractivity contribution >= 4 is 17.0 Å². The molecule has 1 aromatic heterocycles. The maximum absolute atomic E-state index is 10.9. The summed E-state index contributed by atoms with van der Waals surface area (Å²) in [4.78, 5) is 15.1. The number of hydrogen-bond acceptors (Lipinski definition) is 3. The summed E-state index contributed by atoms with van der Waals surface area (Å²) in [5, 5.41) is 1.12. The zero-order valence-electron chi connectivity index (χ0n) is 11.8. The number of carbonyl (C=O) groups excluding carboxylic acids is 1. The van der Waals surface area contributed by atoms with E-state index in [2.05, 4.69) is 11.1 Å². The van der Waals surface area contributed by atoms with Crippen molar-refractivity contribution < 1.29 is 9.53 Å². The van der Waals surface area contributed by atoms with Crippen LogP contribution in [0.15, 0.2) is 29.4 Å². The van der Waals surface area contributed by atoms with Gasteiger partial charge in [-0.3, -0.25) is 0 Å². The summed E-state index contributed by atoms with van der Waals surface area (Å²) in [6.07, 6.45) is 7.84. The third-order valence-electron chi connectivity index (χ3n) is 4.41. The largest absolute Gasteiger partial charge is 0.495 e. The fourth-order valence-electron chi connectivity index (χ4n) is 3.44. The maximum atomic E-state index is 10.9. The first-order chi connectivity index (χ1) is 9.72. The molecule has 1 aliphatic carbocycles. The smallest absolute Gasteiger partial charge is 0.235 e. The third-order valence-corrected chi connectivity index (χ3v) is 4.41. The van der Waals surface area contributed by atoms with Crippen LogP contribution in [0, 0.1) is 0 Å². The molecule has 1 aliphatic rings. The van der Waals surface area contributed by atoms with Crippen LogP contribution in [0.1, 0.15) is 31.2 Å². The lowest BCUT2D eigenvalue weighted by Crippen LogP contribution is -2.19. The van der Waals surface area contributed by atoms with Crippen molar-refractivity contribution in [3.8, 4) is 5.75 Å². The quantitative estimate of drug-likeness (QED) is 0.634. The van der Waals surface area contributed by atoms with E-state index >= 15 is 0 Å². The standard InChI is InChI=1S/C16H18N2O2/c1-18-10-7-12-13(5-6-14(20-2)15(12)18)16(17-11-19)8-3-4-9-16/h5-7,10H,3-4,8-9H2,1-2H3. The molecule has 0 aliphatic heterocycles. The van der Waals surface area contributed by atoms with Crippen LogP contribution in [0.5, 0.6) is 5.75 Å². The second-order valence-electron chi connectivity index (χ2n) is 5.45. The van der Waals surface area contributed by atoms with Gasteiger partial charge in [0.2, 0.25) is 6.08 Å². The molecule has 1 heterocycles. The Hall–Kier alpha value is -2.06. The number of fused-ring (bicyclic) bond motifs is 1. The number of benzene rings is 1. The summed E-state index contributed by atoms with van der Waals surface area (Å²) < 4.78 is 7.49. The summed E-state index contributed by atoms with van der Waals surface area (Å²) in [6.45, 7) is 0. The summed E-state index contributed by atoms with van der Waals surface area (Å²) >= 11 is 0. The molecule has 0 unspecified atom stereocenters. The SMILES string of the molecule is COc1ccc(C2(N=C=O)CCCC2)c2ccn(C)c12. The predicted molar refractivity (Wildman–Crippen MR) is 77.7 cm³/mol. The second kappa shape index (κ2) is 4.80. The van der Waals surface area contributed by atoms with Crippen molar-refractivity contribution in [2.45, 2.75) is 31.2 Å². The van der Waals surface area contributed by atoms with E-state index < -0.39 is 5.54 Å². The van der Waals surface area contributed by atoms with Crippen molar-refractivity contribution in [3.05, 3.63) is 30.0 Å². The van der Waals surface area contributed by atoms with Gasteiger partial charge in [0.1, 0.15) is 5.75 Å². The highest BCUT2D eigenvalue weighted by atomic mass is 16.5. The molecular weight excluding hydrogens is 252 g/mol. The van der Waals surface area contributed by atoms with Gasteiger partial charge in [0.25, 0.3) is 0 Å². The lowest BCUT2D eigenvalue weighted by Gasteiger charge is -2.24. The normalized spacial score (nSPS) is 17.1. The Kier molecular flexibility index (Phi) is 3.11. The fourth-order valence-corrected chi connectivity index (χ4v) is 3.44. The molecule has 0 radical (unpaired) electrons. The van der Waals surface area contributed by atoms with Crippen LogP contribution in [0.3, 0.4) is 0 Å². The lowest BCUT2D eigenvalue weighted by atomic mass is 9.86. The summed E-state index contributed by atoms with van der Waals surface area (Å²) in [7, 11) is 3.68. The van der Waals surface area contributed by atoms with E-state index in [0.29, 0.717) is 0 Å². The van der Waals surface area contributed by atoms with Gasteiger partial charge in [0.15, 0.2) is 0 Å². The highest BCUT2D eigenvalue weighted by molar-refractivity contribution is 5.90. The summed E-state index contributed by atoms with van der Waals surface area (Å²) in [5.74, 6) is 0.847. The van der Waals surface area contributed by atoms with Gasteiger partial charge < -0.3 is 9.30 Å². The number of aliphatic imine (C=N–C) groups is 1. The summed E-state index contributed by atoms with van der Waals surface area (Å²) in [6, 6.07) is 6.10. The van der Waals surface area contributed by atoms with E-state index in [9.17, 15) is 4.79 Å². The fraction of sp³-hybridized carbons (Fsp3) is 0.438. The molecule has 20 heavy (non-hydrogen) atoms. The zero-order chi connectivity index (χ0) is 14.2. The van der Waals surface area contributed by atoms with Crippen molar-refractivity contribution in [2.24, 2.45) is 12.0 Å². The number of ether oxygens (including phenoxy) is 1. The van der Waals surface area contributed by atoms with Gasteiger partial charge in [0, 0.05) is 18.6 Å². The molecule has 1 saturated carbocycles. The van der Waals surface area contributed by atoms with Crippen LogP contribution in [0.2, 0.25) is 0 Å². The molecule has 2 aromatic rings. The van der Waals surface area contributed by atoms with Gasteiger partial charge in [-0.15, -0.1) is 0 Å². The van der Waals surface area contributed by atoms with Gasteiger partial charge in [0.05, 0.1) is 18.2 Å². The molecule has 0 amide bonds. The lowest BCUT2D eigenvalue weighted by molar-refractivity contribution is 0.416. The molecule has 1 fully saturated rings. The summed E-state index contributed by atoms with van der Waals surface area (Å²) in [5.41, 5.74) is 1.78. The number of aryl methyl sites for hydroxylation is 1. The molecule has 1 aromatic carbocycles. The van der Waals surface area contributed by atoms with E-state index in [4.69, 9.17) is 4.74 Å². The third kappa shape index (κ3) is 1.76. The van der Waals surface area contributed by atoms with Crippen molar-refractivity contribution in [3.63, 3.8) is 0 Å². The van der Waals surface area contributed by atoms with Gasteiger partial charge >= 0.3 is 0 Å². The Bertz CT molecular complexity index is 690. The first kappa shape index (κ1) is 12.9. The first-order valence-corrected chi connectivity index (χ1v) is 6.93. The van der Waals surface area contributed by atoms with E-state index in [1.54, 1.807) is 13.2 Å². The van der Waals surface area contributed by atoms with E-state index in [1.165, 1.54) is 0 Å². The van der Waals surface area contributed by atoms with E-state index in [-0.39, 0.29) is 0 Å². The van der Waals surface area contributed by atoms with Gasteiger partial charge in [-0.1, -0.05) is 18.9 Å². The van der Waals surface area contributed by atoms with Crippen molar-refractivity contribution in [1.29, 1.82) is 0 Å². The van der Waals surface area contributed by atoms with Gasteiger partial charge in [-0.05, 0) is 30.5 Å². The first-order valence-electron chi connectivity index (χ1n) is 6.93. The highest BCUT2D eigenvalue weighted by Gasteiger charge is 2.37. The predicted octanol–water partition coefficient (Wildman–Crippen LogP) is 3.29. The van der Waals surface area contributed by atoms with Crippen LogP contribution in [-0.4, -0.2) is 17.8 Å². The molecule has 0 atom stereocenters. The van der Waals surface area contributed by atoms with Crippen LogP contribution in [-0.2, 0) is 17.4 Å². The molecule has 3 rings (SSSR count). The van der Waals surface area contributed by atoms with E-state index in [1.807, 2.05) is 29.9 Å². The number of hydrogen-bond donors (Lipinski definition) is 0. The molecule has 4 nitrogen and oxygen atoms in total. The minimum atomic E-state index is -0.395. The van der Waals surface area contributed by atoms with Crippen molar-refractivity contribution in [1.82, 2.24) is 4.57 Å². The molecule has 0 spiro atoms. The number of nitrogens with zero attached hydrogens (tertiary/aromatic N) is 2. The van der Waals surface area contributed by atoms with Gasteiger partial charge in [-0.25, -0.2) is 4.79 Å². The van der Waals surface area contributed by atoms with E-state index in [0.717, 1.165) is 47.9 Å². The maximum Gasteiger partial charge on any atom is 0.235 e. The number of aromatic nitrogens is 1. The zero-order valence-corrected chi connectivity index (χ0v) is 11.8. The molecule has 104 valence electrons. The average Bonchev–Trinajstić information content (AvgIpc) is 3.07. The number of isocyanates is 1. The molecule has 4 heteroatoms. The van der Waals surface area contributed by atoms with Crippen molar-refractivity contribution in [2.75, 3.05) is 7.11 Å². The Morgan fingerprint density at radius 1 is 1.30 bits per heavy atom. The van der Waals surface area contributed by atoms with Crippen LogP contribution < -0.4 is 4.74 Å².